The van der Waals surface area contributed by atoms with E-state index in [4.69, 9.17) is 4.98 Å². The third-order valence-corrected chi connectivity index (χ3v) is 6.80. The first-order valence-corrected chi connectivity index (χ1v) is 12.1. The largest absolute Gasteiger partial charge is 0.325 e. The van der Waals surface area contributed by atoms with Crippen molar-refractivity contribution in [3.63, 3.8) is 0 Å². The zero-order valence-corrected chi connectivity index (χ0v) is 20.5. The maximum Gasteiger partial charge on any atom is 0.237 e. The van der Waals surface area contributed by atoms with Gasteiger partial charge in [0.25, 0.3) is 0 Å². The molecule has 0 saturated carbocycles. The molecule has 1 heterocycles. The minimum Gasteiger partial charge on any atom is -0.325 e. The fourth-order valence-corrected chi connectivity index (χ4v) is 4.71. The molecule has 0 radical (unpaired) electrons. The molecule has 0 aliphatic heterocycles. The second kappa shape index (κ2) is 10.5. The van der Waals surface area contributed by atoms with Crippen molar-refractivity contribution in [3.8, 4) is 28.5 Å². The van der Waals surface area contributed by atoms with Crippen LogP contribution >= 0.6 is 11.8 Å². The molecule has 0 aliphatic carbocycles. The summed E-state index contributed by atoms with van der Waals surface area (Å²) in [5, 5.41) is 13.0. The van der Waals surface area contributed by atoms with E-state index in [1.165, 1.54) is 23.9 Å². The van der Waals surface area contributed by atoms with Gasteiger partial charge < -0.3 is 5.32 Å². The lowest BCUT2D eigenvalue weighted by Crippen LogP contribution is -2.23. The molecule has 4 rings (SSSR count). The van der Waals surface area contributed by atoms with Gasteiger partial charge in [0.2, 0.25) is 5.91 Å². The molecule has 1 N–H and O–H groups in total. The molecule has 3 aromatic carbocycles. The van der Waals surface area contributed by atoms with Crippen LogP contribution in [0, 0.1) is 31.0 Å². The van der Waals surface area contributed by atoms with Crippen LogP contribution in [0.15, 0.2) is 83.9 Å². The van der Waals surface area contributed by atoms with Gasteiger partial charge in [-0.25, -0.2) is 9.37 Å². The molecule has 35 heavy (non-hydrogen) atoms. The number of aryl methyl sites for hydroxylation is 2. The van der Waals surface area contributed by atoms with Crippen LogP contribution in [-0.4, -0.2) is 16.1 Å². The normalized spacial score (nSPS) is 11.5. The summed E-state index contributed by atoms with van der Waals surface area (Å²) in [6.07, 6.45) is 0. The monoisotopic (exact) mass is 481 g/mol. The van der Waals surface area contributed by atoms with Gasteiger partial charge in [0, 0.05) is 16.8 Å². The second-order valence-corrected chi connectivity index (χ2v) is 9.57. The molecule has 0 spiro atoms. The number of pyridine rings is 1. The third-order valence-electron chi connectivity index (χ3n) is 5.71. The topological polar surface area (TPSA) is 65.8 Å². The average Bonchev–Trinajstić information content (AvgIpc) is 2.86. The van der Waals surface area contributed by atoms with Crippen LogP contribution in [0.5, 0.6) is 0 Å². The van der Waals surface area contributed by atoms with Gasteiger partial charge in [0.05, 0.1) is 16.5 Å². The number of hydrogen-bond acceptors (Lipinski definition) is 4. The van der Waals surface area contributed by atoms with E-state index in [-0.39, 0.29) is 11.7 Å². The van der Waals surface area contributed by atoms with E-state index in [0.29, 0.717) is 21.8 Å². The first-order chi connectivity index (χ1) is 16.9. The van der Waals surface area contributed by atoms with E-state index >= 15 is 0 Å². The highest BCUT2D eigenvalue weighted by atomic mass is 32.2. The maximum atomic E-state index is 13.5. The van der Waals surface area contributed by atoms with Crippen molar-refractivity contribution in [2.75, 3.05) is 5.32 Å². The number of halogens is 1. The lowest BCUT2D eigenvalue weighted by Gasteiger charge is -2.17. The Labute approximate surface area is 208 Å². The molecule has 1 aromatic heterocycles. The van der Waals surface area contributed by atoms with E-state index < -0.39 is 5.25 Å². The average molecular weight is 482 g/mol. The number of hydrogen-bond donors (Lipinski definition) is 1. The highest BCUT2D eigenvalue weighted by molar-refractivity contribution is 8.00. The molecule has 4 nitrogen and oxygen atoms in total. The molecule has 1 unspecified atom stereocenters. The first kappa shape index (κ1) is 24.2. The quantitative estimate of drug-likeness (QED) is 0.297. The van der Waals surface area contributed by atoms with Gasteiger partial charge in [0.1, 0.15) is 16.9 Å². The zero-order valence-electron chi connectivity index (χ0n) is 19.7. The van der Waals surface area contributed by atoms with Crippen molar-refractivity contribution in [3.05, 3.63) is 101 Å². The predicted molar refractivity (Wildman–Crippen MR) is 140 cm³/mol. The Hall–Kier alpha value is -3.95. The van der Waals surface area contributed by atoms with Crippen molar-refractivity contribution >= 4 is 23.4 Å². The lowest BCUT2D eigenvalue weighted by molar-refractivity contribution is -0.115. The predicted octanol–water partition coefficient (Wildman–Crippen LogP) is 7.16. The van der Waals surface area contributed by atoms with Crippen molar-refractivity contribution in [2.24, 2.45) is 0 Å². The standard InChI is InChI=1S/C29H24FN3OS/c1-18-8-7-9-19(2)27(18)33-28(34)20(3)35-29-25(17-31)24(21-10-5-4-6-11-21)16-26(32-29)22-12-14-23(30)15-13-22/h4-16,20H,1-3H3,(H,33,34). The molecule has 0 saturated heterocycles. The molecule has 6 heteroatoms. The number of benzene rings is 3. The van der Waals surface area contributed by atoms with E-state index in [0.717, 1.165) is 27.9 Å². The van der Waals surface area contributed by atoms with Crippen LogP contribution in [0.1, 0.15) is 23.6 Å². The minimum atomic E-state index is -0.513. The van der Waals surface area contributed by atoms with Gasteiger partial charge >= 0.3 is 0 Å². The summed E-state index contributed by atoms with van der Waals surface area (Å²) in [6.45, 7) is 5.70. The van der Waals surface area contributed by atoms with Crippen LogP contribution in [0.4, 0.5) is 10.1 Å². The molecular weight excluding hydrogens is 457 g/mol. The Bertz CT molecular complexity index is 1390. The number of anilines is 1. The molecule has 1 amide bonds. The van der Waals surface area contributed by atoms with Gasteiger partial charge in [-0.05, 0) is 67.8 Å². The summed E-state index contributed by atoms with van der Waals surface area (Å²) in [4.78, 5) is 17.8. The Morgan fingerprint density at radius 1 is 0.971 bits per heavy atom. The number of nitrogens with zero attached hydrogens (tertiary/aromatic N) is 2. The van der Waals surface area contributed by atoms with Crippen molar-refractivity contribution in [1.82, 2.24) is 4.98 Å². The Balaban J connectivity index is 1.74. The fourth-order valence-electron chi connectivity index (χ4n) is 3.79. The highest BCUT2D eigenvalue weighted by Crippen LogP contribution is 2.36. The SMILES string of the molecule is Cc1cccc(C)c1NC(=O)C(C)Sc1nc(-c2ccc(F)cc2)cc(-c2ccccc2)c1C#N. The van der Waals surface area contributed by atoms with E-state index in [1.54, 1.807) is 19.1 Å². The fraction of sp³-hybridized carbons (Fsp3) is 0.138. The minimum absolute atomic E-state index is 0.175. The van der Waals surface area contributed by atoms with Crippen molar-refractivity contribution < 1.29 is 9.18 Å². The Kier molecular flexibility index (Phi) is 7.28. The number of carbonyl (C=O) groups is 1. The molecule has 4 aromatic rings. The Morgan fingerprint density at radius 3 is 2.26 bits per heavy atom. The summed E-state index contributed by atoms with van der Waals surface area (Å²) in [5.41, 5.74) is 6.07. The third kappa shape index (κ3) is 5.42. The van der Waals surface area contributed by atoms with Gasteiger partial charge in [-0.3, -0.25) is 4.79 Å². The maximum absolute atomic E-state index is 13.5. The summed E-state index contributed by atoms with van der Waals surface area (Å²) in [5.74, 6) is -0.511. The van der Waals surface area contributed by atoms with Crippen LogP contribution < -0.4 is 5.32 Å². The molecule has 174 valence electrons. The molecule has 0 aliphatic rings. The number of nitrogens with one attached hydrogen (secondary N) is 1. The van der Waals surface area contributed by atoms with Gasteiger partial charge in [-0.1, -0.05) is 60.3 Å². The number of aromatic nitrogens is 1. The summed E-state index contributed by atoms with van der Waals surface area (Å²) < 4.78 is 13.5. The molecule has 0 fully saturated rings. The number of amides is 1. The van der Waals surface area contributed by atoms with Gasteiger partial charge in [0.15, 0.2) is 0 Å². The van der Waals surface area contributed by atoms with Crippen molar-refractivity contribution in [1.29, 1.82) is 5.26 Å². The lowest BCUT2D eigenvalue weighted by atomic mass is 9.99. The second-order valence-electron chi connectivity index (χ2n) is 8.24. The van der Waals surface area contributed by atoms with E-state index in [2.05, 4.69) is 11.4 Å². The van der Waals surface area contributed by atoms with E-state index in [9.17, 15) is 14.4 Å². The zero-order chi connectivity index (χ0) is 24.9. The first-order valence-electron chi connectivity index (χ1n) is 11.2. The van der Waals surface area contributed by atoms with E-state index in [1.807, 2.05) is 68.4 Å². The number of carbonyl (C=O) groups excluding carboxylic acids is 1. The molecule has 1 atom stereocenters. The number of para-hydroxylation sites is 1. The number of nitriles is 1. The number of rotatable bonds is 6. The van der Waals surface area contributed by atoms with Crippen LogP contribution in [0.25, 0.3) is 22.4 Å². The van der Waals surface area contributed by atoms with Crippen LogP contribution in [-0.2, 0) is 4.79 Å². The van der Waals surface area contributed by atoms with Gasteiger partial charge in [-0.2, -0.15) is 5.26 Å². The number of thioether (sulfide) groups is 1. The van der Waals surface area contributed by atoms with Crippen LogP contribution in [0.3, 0.4) is 0 Å². The summed E-state index contributed by atoms with van der Waals surface area (Å²) in [7, 11) is 0. The van der Waals surface area contributed by atoms with Crippen molar-refractivity contribution in [2.45, 2.75) is 31.0 Å². The molecule has 0 bridgehead atoms. The smallest absolute Gasteiger partial charge is 0.237 e. The van der Waals surface area contributed by atoms with Crippen LogP contribution in [0.2, 0.25) is 0 Å². The summed E-state index contributed by atoms with van der Waals surface area (Å²) in [6, 6.07) is 25.6. The van der Waals surface area contributed by atoms with Gasteiger partial charge in [-0.15, -0.1) is 0 Å². The Morgan fingerprint density at radius 2 is 1.63 bits per heavy atom. The molecular formula is C29H24FN3OS. The summed E-state index contributed by atoms with van der Waals surface area (Å²) >= 11 is 1.23. The highest BCUT2D eigenvalue weighted by Gasteiger charge is 2.22.